The highest BCUT2D eigenvalue weighted by atomic mass is 16.3. The summed E-state index contributed by atoms with van der Waals surface area (Å²) in [6.07, 6.45) is 5.34. The van der Waals surface area contributed by atoms with E-state index in [1.807, 2.05) is 31.2 Å². The zero-order valence-electron chi connectivity index (χ0n) is 10.9. The Hall–Kier alpha value is -1.83. The van der Waals surface area contributed by atoms with Crippen molar-refractivity contribution in [1.29, 1.82) is 0 Å². The summed E-state index contributed by atoms with van der Waals surface area (Å²) < 4.78 is 0. The second-order valence-corrected chi connectivity index (χ2v) is 4.85. The topological polar surface area (TPSA) is 61.4 Å². The van der Waals surface area contributed by atoms with E-state index in [1.165, 1.54) is 0 Å². The monoisotopic (exact) mass is 258 g/mol. The molecule has 1 aromatic carbocycles. The van der Waals surface area contributed by atoms with Crippen molar-refractivity contribution in [3.63, 3.8) is 0 Å². The van der Waals surface area contributed by atoms with Gasteiger partial charge < -0.3 is 15.7 Å². The molecular weight excluding hydrogens is 240 g/mol. The van der Waals surface area contributed by atoms with Crippen LogP contribution in [0, 0.1) is 12.3 Å². The third-order valence-corrected chi connectivity index (χ3v) is 3.36. The molecule has 4 heteroatoms. The van der Waals surface area contributed by atoms with Crippen molar-refractivity contribution in [2.24, 2.45) is 0 Å². The molecule has 1 aromatic rings. The maximum absolute atomic E-state index is 12.0. The first-order chi connectivity index (χ1) is 9.10. The van der Waals surface area contributed by atoms with E-state index in [0.717, 1.165) is 11.1 Å². The Labute approximate surface area is 113 Å². The predicted molar refractivity (Wildman–Crippen MR) is 73.3 cm³/mol. The van der Waals surface area contributed by atoms with Crippen molar-refractivity contribution < 1.29 is 9.90 Å². The maximum Gasteiger partial charge on any atom is 0.237 e. The number of β-amino-alcohol motifs (C(OH)–C–C–N with tert-alkyl or cyclic N) is 1. The molecule has 0 radical (unpaired) electrons. The highest BCUT2D eigenvalue weighted by molar-refractivity contribution is 5.82. The van der Waals surface area contributed by atoms with Crippen molar-refractivity contribution in [3.8, 4) is 12.3 Å². The second kappa shape index (κ2) is 5.87. The summed E-state index contributed by atoms with van der Waals surface area (Å²) in [5.41, 5.74) is 1.83. The number of aliphatic hydroxyl groups is 1. The summed E-state index contributed by atoms with van der Waals surface area (Å²) in [4.78, 5) is 12.0. The van der Waals surface area contributed by atoms with E-state index in [-0.39, 0.29) is 18.0 Å². The molecule has 0 aliphatic carbocycles. The first kappa shape index (κ1) is 13.6. The van der Waals surface area contributed by atoms with Crippen LogP contribution in [0.2, 0.25) is 0 Å². The second-order valence-electron chi connectivity index (χ2n) is 4.85. The molecule has 4 nitrogen and oxygen atoms in total. The Morgan fingerprint density at radius 1 is 1.53 bits per heavy atom. The number of amides is 1. The van der Waals surface area contributed by atoms with Crippen LogP contribution in [0.4, 0.5) is 0 Å². The first-order valence-electron chi connectivity index (χ1n) is 6.38. The summed E-state index contributed by atoms with van der Waals surface area (Å²) in [5.74, 6) is 2.48. The SMILES string of the molecule is C#Cc1ccc(C(C)NC(=O)C2CC(O)CN2)cc1. The van der Waals surface area contributed by atoms with Crippen LogP contribution < -0.4 is 10.6 Å². The molecule has 100 valence electrons. The third-order valence-electron chi connectivity index (χ3n) is 3.36. The van der Waals surface area contributed by atoms with Crippen LogP contribution in [0.5, 0.6) is 0 Å². The van der Waals surface area contributed by atoms with E-state index in [9.17, 15) is 9.90 Å². The van der Waals surface area contributed by atoms with Crippen LogP contribution in [0.15, 0.2) is 24.3 Å². The molecule has 3 N–H and O–H groups in total. The van der Waals surface area contributed by atoms with Gasteiger partial charge in [0.2, 0.25) is 5.91 Å². The molecule has 1 fully saturated rings. The smallest absolute Gasteiger partial charge is 0.237 e. The molecule has 1 amide bonds. The highest BCUT2D eigenvalue weighted by Crippen LogP contribution is 2.14. The number of terminal acetylenes is 1. The summed E-state index contributed by atoms with van der Waals surface area (Å²) in [7, 11) is 0. The van der Waals surface area contributed by atoms with Gasteiger partial charge in [-0.2, -0.15) is 0 Å². The Bertz CT molecular complexity index is 490. The lowest BCUT2D eigenvalue weighted by Gasteiger charge is -2.17. The van der Waals surface area contributed by atoms with E-state index >= 15 is 0 Å². The van der Waals surface area contributed by atoms with Crippen LogP contribution in [0.3, 0.4) is 0 Å². The van der Waals surface area contributed by atoms with Gasteiger partial charge in [-0.3, -0.25) is 4.79 Å². The summed E-state index contributed by atoms with van der Waals surface area (Å²) in [6.45, 7) is 2.40. The molecule has 3 atom stereocenters. The largest absolute Gasteiger partial charge is 0.392 e. The van der Waals surface area contributed by atoms with Gasteiger partial charge in [0, 0.05) is 12.1 Å². The Balaban J connectivity index is 1.94. The molecule has 1 heterocycles. The number of carbonyl (C=O) groups excluding carboxylic acids is 1. The number of rotatable bonds is 3. The molecule has 1 aliphatic rings. The number of benzene rings is 1. The number of hydrogen-bond acceptors (Lipinski definition) is 3. The van der Waals surface area contributed by atoms with Gasteiger partial charge in [0.15, 0.2) is 0 Å². The maximum atomic E-state index is 12.0. The van der Waals surface area contributed by atoms with E-state index < -0.39 is 6.10 Å². The van der Waals surface area contributed by atoms with Crippen LogP contribution in [0.1, 0.15) is 30.5 Å². The molecule has 0 aromatic heterocycles. The molecule has 2 rings (SSSR count). The Kier molecular flexibility index (Phi) is 4.20. The van der Waals surface area contributed by atoms with Gasteiger partial charge in [-0.15, -0.1) is 6.42 Å². The van der Waals surface area contributed by atoms with Crippen LogP contribution in [-0.4, -0.2) is 29.7 Å². The number of hydrogen-bond donors (Lipinski definition) is 3. The summed E-state index contributed by atoms with van der Waals surface area (Å²) in [5, 5.41) is 15.3. The van der Waals surface area contributed by atoms with Crippen LogP contribution in [0.25, 0.3) is 0 Å². The summed E-state index contributed by atoms with van der Waals surface area (Å²) >= 11 is 0. The van der Waals surface area contributed by atoms with Crippen molar-refractivity contribution in [3.05, 3.63) is 35.4 Å². The molecule has 1 aliphatic heterocycles. The molecule has 0 saturated carbocycles. The minimum atomic E-state index is -0.430. The van der Waals surface area contributed by atoms with Gasteiger partial charge in [0.25, 0.3) is 0 Å². The van der Waals surface area contributed by atoms with Gasteiger partial charge in [-0.1, -0.05) is 18.1 Å². The quantitative estimate of drug-likeness (QED) is 0.695. The zero-order valence-corrected chi connectivity index (χ0v) is 10.9. The lowest BCUT2D eigenvalue weighted by atomic mass is 10.1. The first-order valence-corrected chi connectivity index (χ1v) is 6.38. The molecule has 19 heavy (non-hydrogen) atoms. The van der Waals surface area contributed by atoms with Crippen LogP contribution in [-0.2, 0) is 4.79 Å². The molecule has 0 bridgehead atoms. The van der Waals surface area contributed by atoms with Gasteiger partial charge in [-0.25, -0.2) is 0 Å². The highest BCUT2D eigenvalue weighted by Gasteiger charge is 2.28. The summed E-state index contributed by atoms with van der Waals surface area (Å²) in [6, 6.07) is 7.15. The van der Waals surface area contributed by atoms with Gasteiger partial charge in [-0.05, 0) is 31.0 Å². The zero-order chi connectivity index (χ0) is 13.8. The van der Waals surface area contributed by atoms with Gasteiger partial charge in [0.05, 0.1) is 18.2 Å². The average molecular weight is 258 g/mol. The third kappa shape index (κ3) is 3.34. The molecule has 0 spiro atoms. The minimum absolute atomic E-state index is 0.0786. The number of carbonyl (C=O) groups is 1. The molecule has 1 saturated heterocycles. The Morgan fingerprint density at radius 2 is 2.21 bits per heavy atom. The van der Waals surface area contributed by atoms with E-state index in [2.05, 4.69) is 16.6 Å². The standard InChI is InChI=1S/C15H18N2O2/c1-3-11-4-6-12(7-5-11)10(2)17-15(19)14-8-13(18)9-16-14/h1,4-7,10,13-14,16,18H,8-9H2,2H3,(H,17,19). The van der Waals surface area contributed by atoms with Crippen molar-refractivity contribution in [2.75, 3.05) is 6.54 Å². The van der Waals surface area contributed by atoms with E-state index in [1.54, 1.807) is 0 Å². The van der Waals surface area contributed by atoms with Crippen molar-refractivity contribution in [1.82, 2.24) is 10.6 Å². The molecule has 3 unspecified atom stereocenters. The predicted octanol–water partition coefficient (Wildman–Crippen LogP) is 0.568. The lowest BCUT2D eigenvalue weighted by Crippen LogP contribution is -2.41. The lowest BCUT2D eigenvalue weighted by molar-refractivity contribution is -0.123. The van der Waals surface area contributed by atoms with Gasteiger partial charge in [0.1, 0.15) is 0 Å². The normalized spacial score (nSPS) is 23.6. The fourth-order valence-corrected chi connectivity index (χ4v) is 2.18. The Morgan fingerprint density at radius 3 is 2.74 bits per heavy atom. The van der Waals surface area contributed by atoms with Gasteiger partial charge >= 0.3 is 0 Å². The number of nitrogens with one attached hydrogen (secondary N) is 2. The van der Waals surface area contributed by atoms with Crippen molar-refractivity contribution >= 4 is 5.91 Å². The van der Waals surface area contributed by atoms with Crippen LogP contribution >= 0.6 is 0 Å². The number of aliphatic hydroxyl groups excluding tert-OH is 1. The molecular formula is C15H18N2O2. The van der Waals surface area contributed by atoms with Crippen molar-refractivity contribution in [2.45, 2.75) is 31.5 Å². The fraction of sp³-hybridized carbons (Fsp3) is 0.400. The minimum Gasteiger partial charge on any atom is -0.392 e. The average Bonchev–Trinajstić information content (AvgIpc) is 2.85. The van der Waals surface area contributed by atoms with E-state index in [0.29, 0.717) is 13.0 Å². The van der Waals surface area contributed by atoms with E-state index in [4.69, 9.17) is 6.42 Å². The fourth-order valence-electron chi connectivity index (χ4n) is 2.18.